The van der Waals surface area contributed by atoms with E-state index in [1.54, 1.807) is 0 Å². The minimum Gasteiger partial charge on any atom is -0.464 e. The van der Waals surface area contributed by atoms with Gasteiger partial charge < -0.3 is 9.29 Å². The lowest BCUT2D eigenvalue weighted by molar-refractivity contribution is -0.170. The lowest BCUT2D eigenvalue weighted by Gasteiger charge is -2.55. The molecule has 0 amide bonds. The Balaban J connectivity index is 1.63. The average Bonchev–Trinajstić information content (AvgIpc) is 2.25. The van der Waals surface area contributed by atoms with Crippen molar-refractivity contribution in [2.75, 3.05) is 12.4 Å². The topological polar surface area (TPSA) is 83.3 Å². The predicted octanol–water partition coefficient (Wildman–Crippen LogP) is 0.800. The van der Waals surface area contributed by atoms with Crippen molar-refractivity contribution >= 4 is 16.1 Å². The highest BCUT2D eigenvalue weighted by Crippen LogP contribution is 2.60. The minimum atomic E-state index is -3.80. The predicted molar refractivity (Wildman–Crippen MR) is 69.0 cm³/mol. The minimum absolute atomic E-state index is 0.174. The molecular formula is C13H21O5S+. The molecule has 4 rings (SSSR count). The Hall–Kier alpha value is -0.620. The molecule has 4 fully saturated rings. The van der Waals surface area contributed by atoms with E-state index < -0.39 is 15.9 Å². The van der Waals surface area contributed by atoms with Gasteiger partial charge in [-0.15, -0.1) is 0 Å². The summed E-state index contributed by atoms with van der Waals surface area (Å²) < 4.78 is 33.4. The van der Waals surface area contributed by atoms with Gasteiger partial charge in [0, 0.05) is 0 Å². The van der Waals surface area contributed by atoms with Gasteiger partial charge in [-0.1, -0.05) is 0 Å². The molecule has 19 heavy (non-hydrogen) atoms. The van der Waals surface area contributed by atoms with Crippen molar-refractivity contribution in [3.8, 4) is 0 Å². The molecule has 0 saturated heterocycles. The summed E-state index contributed by atoms with van der Waals surface area (Å²) in [4.78, 5) is 12.3. The molecule has 6 heteroatoms. The Morgan fingerprint density at radius 2 is 1.58 bits per heavy atom. The molecule has 108 valence electrons. The maximum atomic E-state index is 12.3. The van der Waals surface area contributed by atoms with E-state index >= 15 is 0 Å². The van der Waals surface area contributed by atoms with Gasteiger partial charge in [-0.05, 0) is 56.3 Å². The molecule has 0 aliphatic heterocycles. The summed E-state index contributed by atoms with van der Waals surface area (Å²) in [5, 5.41) is 0. The summed E-state index contributed by atoms with van der Waals surface area (Å²) in [6.07, 6.45) is 6.54. The van der Waals surface area contributed by atoms with Crippen LogP contribution in [-0.4, -0.2) is 31.3 Å². The van der Waals surface area contributed by atoms with E-state index in [-0.39, 0.29) is 18.0 Å². The van der Waals surface area contributed by atoms with Gasteiger partial charge in [0.25, 0.3) is 0 Å². The van der Waals surface area contributed by atoms with Crippen LogP contribution in [0, 0.1) is 23.2 Å². The van der Waals surface area contributed by atoms with Gasteiger partial charge in [0.05, 0.1) is 5.41 Å². The first-order valence-electron chi connectivity index (χ1n) is 7.01. The van der Waals surface area contributed by atoms with Gasteiger partial charge in [-0.2, -0.15) is 8.42 Å². The van der Waals surface area contributed by atoms with Crippen LogP contribution in [0.15, 0.2) is 0 Å². The molecule has 4 bridgehead atoms. The van der Waals surface area contributed by atoms with Gasteiger partial charge >= 0.3 is 16.1 Å². The summed E-state index contributed by atoms with van der Waals surface area (Å²) >= 11 is 0. The first-order valence-corrected chi connectivity index (χ1v) is 8.66. The van der Waals surface area contributed by atoms with E-state index in [0.29, 0.717) is 17.8 Å². The highest BCUT2D eigenvalue weighted by atomic mass is 32.2. The number of carbonyl (C=O) groups is 1. The van der Waals surface area contributed by atoms with Crippen LogP contribution < -0.4 is 0 Å². The zero-order chi connectivity index (χ0) is 13.7. The van der Waals surface area contributed by atoms with Crippen molar-refractivity contribution in [2.24, 2.45) is 23.2 Å². The molecule has 0 radical (unpaired) electrons. The molecule has 0 atom stereocenters. The van der Waals surface area contributed by atoms with Crippen molar-refractivity contribution < 1.29 is 22.5 Å². The first kappa shape index (κ1) is 13.4. The summed E-state index contributed by atoms with van der Waals surface area (Å²) in [5.74, 6) is 1.39. The highest BCUT2D eigenvalue weighted by molar-refractivity contribution is 7.85. The van der Waals surface area contributed by atoms with Gasteiger partial charge in [0.2, 0.25) is 0 Å². The molecule has 0 aromatic carbocycles. The molecule has 0 unspecified atom stereocenters. The van der Waals surface area contributed by atoms with Crippen molar-refractivity contribution in [3.05, 3.63) is 0 Å². The van der Waals surface area contributed by atoms with Gasteiger partial charge in [0.15, 0.2) is 5.75 Å². The lowest BCUT2D eigenvalue weighted by atomic mass is 9.49. The van der Waals surface area contributed by atoms with E-state index in [4.69, 9.17) is 9.29 Å². The maximum Gasteiger partial charge on any atom is 0.381 e. The lowest BCUT2D eigenvalue weighted by Crippen LogP contribution is -2.50. The Morgan fingerprint density at radius 3 is 2.00 bits per heavy atom. The Kier molecular flexibility index (Phi) is 3.13. The number of hydrogen-bond acceptors (Lipinski definition) is 4. The normalized spacial score (nSPS) is 40.4. The standard InChI is InChI=1S/C13H20O5S/c14-12(18-1-2-19(15,16)17)13-6-9-3-10(7-13)5-11(4-9)8-13/h9-11H,1-8H2,(H,15,16,17)/p+1. The Bertz CT molecular complexity index is 446. The van der Waals surface area contributed by atoms with Crippen molar-refractivity contribution in [1.29, 1.82) is 0 Å². The smallest absolute Gasteiger partial charge is 0.381 e. The number of esters is 1. The molecular weight excluding hydrogens is 268 g/mol. The molecule has 5 nitrogen and oxygen atoms in total. The maximum absolute atomic E-state index is 12.3. The van der Waals surface area contributed by atoms with Crippen LogP contribution in [0.3, 0.4) is 0 Å². The van der Waals surface area contributed by atoms with E-state index in [1.165, 1.54) is 19.3 Å². The largest absolute Gasteiger partial charge is 0.464 e. The van der Waals surface area contributed by atoms with Crippen molar-refractivity contribution in [2.45, 2.75) is 38.5 Å². The average molecular weight is 289 g/mol. The van der Waals surface area contributed by atoms with Crippen LogP contribution in [0.5, 0.6) is 0 Å². The van der Waals surface area contributed by atoms with E-state index in [9.17, 15) is 13.2 Å². The first-order chi connectivity index (χ1) is 8.86. The van der Waals surface area contributed by atoms with Crippen LogP contribution in [0.1, 0.15) is 38.5 Å². The van der Waals surface area contributed by atoms with Crippen LogP contribution in [-0.2, 0) is 19.6 Å². The third-order valence-corrected chi connectivity index (χ3v) is 5.76. The van der Waals surface area contributed by atoms with E-state index in [0.717, 1.165) is 19.3 Å². The monoisotopic (exact) mass is 289 g/mol. The second-order valence-electron chi connectivity index (χ2n) is 6.65. The second kappa shape index (κ2) is 4.45. The molecule has 0 aromatic heterocycles. The molecule has 0 aromatic rings. The number of rotatable bonds is 4. The second-order valence-corrected chi connectivity index (χ2v) is 8.29. The van der Waals surface area contributed by atoms with Gasteiger partial charge in [-0.25, -0.2) is 0 Å². The summed E-state index contributed by atoms with van der Waals surface area (Å²) in [7, 11) is -3.80. The van der Waals surface area contributed by atoms with E-state index in [1.807, 2.05) is 0 Å². The molecule has 2 N–H and O–H groups in total. The highest BCUT2D eigenvalue weighted by Gasteiger charge is 2.55. The summed E-state index contributed by atoms with van der Waals surface area (Å²) in [6, 6.07) is 0. The fraction of sp³-hybridized carbons (Fsp3) is 0.923. The molecule has 0 heterocycles. The molecule has 0 spiro atoms. The molecule has 4 aliphatic rings. The number of hydrogen-bond donors (Lipinski definition) is 0. The number of carbonyl (C=O) groups excluding carboxylic acids is 1. The van der Waals surface area contributed by atoms with Gasteiger partial charge in [-0.3, -0.25) is 4.79 Å². The van der Waals surface area contributed by atoms with Crippen LogP contribution in [0.4, 0.5) is 0 Å². The summed E-state index contributed by atoms with van der Waals surface area (Å²) in [5.41, 5.74) is -0.333. The fourth-order valence-corrected chi connectivity index (χ4v) is 5.06. The zero-order valence-electron chi connectivity index (χ0n) is 10.9. The zero-order valence-corrected chi connectivity index (χ0v) is 11.7. The third-order valence-electron chi connectivity index (χ3n) is 5.06. The van der Waals surface area contributed by atoms with Crippen LogP contribution in [0.25, 0.3) is 0 Å². The Labute approximate surface area is 113 Å². The Morgan fingerprint density at radius 1 is 1.11 bits per heavy atom. The number of ether oxygens (including phenoxy) is 1. The van der Waals surface area contributed by atoms with Gasteiger partial charge in [0.1, 0.15) is 6.61 Å². The molecule has 4 aliphatic carbocycles. The fourth-order valence-electron chi connectivity index (χ4n) is 4.76. The van der Waals surface area contributed by atoms with Crippen LogP contribution >= 0.6 is 0 Å². The SMILES string of the molecule is O=C(OCCS(=O)(=O)[OH2+])C12CC3CC(CC(C3)C1)C2. The van der Waals surface area contributed by atoms with E-state index in [2.05, 4.69) is 0 Å². The quantitative estimate of drug-likeness (QED) is 0.566. The third kappa shape index (κ3) is 2.65. The van der Waals surface area contributed by atoms with Crippen LogP contribution in [0.2, 0.25) is 0 Å². The van der Waals surface area contributed by atoms with Crippen molar-refractivity contribution in [3.63, 3.8) is 0 Å². The summed E-state index contributed by atoms with van der Waals surface area (Å²) in [6.45, 7) is -0.174. The van der Waals surface area contributed by atoms with Crippen molar-refractivity contribution in [1.82, 2.24) is 0 Å². The molecule has 4 saturated carbocycles.